The Morgan fingerprint density at radius 3 is 2.33 bits per heavy atom. The normalized spacial score (nSPS) is 18.8. The second kappa shape index (κ2) is 13.7. The fraction of sp³-hybridized carbons (Fsp3) is 0.382. The lowest BCUT2D eigenvalue weighted by Crippen LogP contribution is -2.48. The average molecular weight is 569 g/mol. The summed E-state index contributed by atoms with van der Waals surface area (Å²) in [6, 6.07) is 23.7. The second-order valence-electron chi connectivity index (χ2n) is 11.1. The van der Waals surface area contributed by atoms with Gasteiger partial charge < -0.3 is 24.8 Å². The van der Waals surface area contributed by atoms with Gasteiger partial charge in [0.2, 0.25) is 5.91 Å². The van der Waals surface area contributed by atoms with E-state index in [1.807, 2.05) is 59.2 Å². The van der Waals surface area contributed by atoms with Crippen molar-refractivity contribution >= 4 is 17.7 Å². The van der Waals surface area contributed by atoms with Crippen LogP contribution in [0.25, 0.3) is 0 Å². The molecule has 42 heavy (non-hydrogen) atoms. The molecule has 2 aliphatic rings. The van der Waals surface area contributed by atoms with Crippen LogP contribution in [0.1, 0.15) is 44.7 Å². The highest BCUT2D eigenvalue weighted by atomic mass is 16.5. The lowest BCUT2D eigenvalue weighted by atomic mass is 10.1. The number of hydrogen-bond donors (Lipinski definition) is 1. The Morgan fingerprint density at radius 1 is 0.905 bits per heavy atom. The Balaban J connectivity index is 1.45. The van der Waals surface area contributed by atoms with Crippen molar-refractivity contribution < 1.29 is 19.1 Å². The van der Waals surface area contributed by atoms with Gasteiger partial charge in [-0.3, -0.25) is 14.4 Å². The van der Waals surface area contributed by atoms with Gasteiger partial charge in [0.25, 0.3) is 11.8 Å². The molecule has 2 saturated heterocycles. The topological polar surface area (TPSA) is 82.2 Å². The summed E-state index contributed by atoms with van der Waals surface area (Å²) in [5, 5.41) is 3.35. The van der Waals surface area contributed by atoms with Gasteiger partial charge in [-0.25, -0.2) is 0 Å². The molecule has 0 aliphatic carbocycles. The summed E-state index contributed by atoms with van der Waals surface area (Å²) < 4.78 is 5.30. The van der Waals surface area contributed by atoms with Gasteiger partial charge in [0.05, 0.1) is 13.2 Å². The van der Waals surface area contributed by atoms with Crippen LogP contribution in [-0.4, -0.2) is 90.9 Å². The Labute approximate surface area is 248 Å². The van der Waals surface area contributed by atoms with Crippen LogP contribution >= 0.6 is 0 Å². The van der Waals surface area contributed by atoms with Crippen LogP contribution in [0.3, 0.4) is 0 Å². The maximum atomic E-state index is 14.0. The largest absolute Gasteiger partial charge is 0.497 e. The van der Waals surface area contributed by atoms with Crippen molar-refractivity contribution in [2.24, 2.45) is 0 Å². The lowest BCUT2D eigenvalue weighted by molar-refractivity contribution is -0.135. The highest BCUT2D eigenvalue weighted by molar-refractivity contribution is 5.99. The van der Waals surface area contributed by atoms with Crippen molar-refractivity contribution in [3.63, 3.8) is 0 Å². The minimum Gasteiger partial charge on any atom is -0.497 e. The number of likely N-dealkylation sites (tertiary alicyclic amines) is 1. The van der Waals surface area contributed by atoms with Gasteiger partial charge in [-0.2, -0.15) is 0 Å². The van der Waals surface area contributed by atoms with E-state index in [1.165, 1.54) is 0 Å². The van der Waals surface area contributed by atoms with E-state index in [0.717, 1.165) is 30.6 Å². The predicted molar refractivity (Wildman–Crippen MR) is 163 cm³/mol. The van der Waals surface area contributed by atoms with Crippen molar-refractivity contribution in [1.82, 2.24) is 20.0 Å². The van der Waals surface area contributed by atoms with Crippen LogP contribution in [0.5, 0.6) is 5.75 Å². The van der Waals surface area contributed by atoms with Gasteiger partial charge in [-0.1, -0.05) is 48.0 Å². The Hall–Kier alpha value is -4.17. The minimum atomic E-state index is -0.634. The number of ether oxygens (including phenoxy) is 1. The number of carbonyl (C=O) groups is 3. The summed E-state index contributed by atoms with van der Waals surface area (Å²) in [6.07, 6.45) is 1.94. The highest BCUT2D eigenvalue weighted by Crippen LogP contribution is 2.28. The molecule has 0 saturated carbocycles. The third kappa shape index (κ3) is 6.82. The first-order valence-electron chi connectivity index (χ1n) is 14.8. The van der Waals surface area contributed by atoms with Gasteiger partial charge in [-0.15, -0.1) is 0 Å². The molecule has 2 aliphatic heterocycles. The molecule has 220 valence electrons. The van der Waals surface area contributed by atoms with E-state index < -0.39 is 6.04 Å². The summed E-state index contributed by atoms with van der Waals surface area (Å²) in [5.74, 6) is 0.342. The van der Waals surface area contributed by atoms with Crippen LogP contribution in [0.15, 0.2) is 78.9 Å². The third-order valence-electron chi connectivity index (χ3n) is 8.30. The third-order valence-corrected chi connectivity index (χ3v) is 8.30. The molecule has 0 spiro atoms. The zero-order chi connectivity index (χ0) is 29.5. The van der Waals surface area contributed by atoms with E-state index in [4.69, 9.17) is 4.74 Å². The van der Waals surface area contributed by atoms with Gasteiger partial charge in [-0.05, 0) is 74.7 Å². The average Bonchev–Trinajstić information content (AvgIpc) is 3.28. The standard InChI is InChI=1S/C34H40N4O4/c1-25-9-11-27(12-10-25)33(40)38-24-29(23-31(38)34(41)36-20-6-18-35-19-22-36)37(21-17-26-7-4-3-5-8-26)32(39)28-13-15-30(42-2)16-14-28/h3-5,7-16,29,31,35H,6,17-24H2,1-2H3. The van der Waals surface area contributed by atoms with E-state index in [9.17, 15) is 14.4 Å². The number of aryl methyl sites for hydroxylation is 1. The lowest BCUT2D eigenvalue weighted by Gasteiger charge is -2.29. The monoisotopic (exact) mass is 568 g/mol. The first-order valence-corrected chi connectivity index (χ1v) is 14.8. The molecule has 3 amide bonds. The molecular formula is C34H40N4O4. The fourth-order valence-corrected chi connectivity index (χ4v) is 5.88. The number of methoxy groups -OCH3 is 1. The molecule has 8 nitrogen and oxygen atoms in total. The molecule has 2 unspecified atom stereocenters. The molecule has 0 aromatic heterocycles. The van der Waals surface area contributed by atoms with Crippen molar-refractivity contribution in [2.75, 3.05) is 46.4 Å². The summed E-state index contributed by atoms with van der Waals surface area (Å²) in [5.41, 5.74) is 3.29. The molecular weight excluding hydrogens is 528 g/mol. The maximum absolute atomic E-state index is 14.0. The highest BCUT2D eigenvalue weighted by Gasteiger charge is 2.44. The Bertz CT molecular complexity index is 1350. The van der Waals surface area contributed by atoms with E-state index in [2.05, 4.69) is 17.4 Å². The van der Waals surface area contributed by atoms with Gasteiger partial charge in [0.1, 0.15) is 11.8 Å². The van der Waals surface area contributed by atoms with Crippen molar-refractivity contribution in [3.8, 4) is 5.75 Å². The predicted octanol–water partition coefficient (Wildman–Crippen LogP) is 3.79. The summed E-state index contributed by atoms with van der Waals surface area (Å²) in [7, 11) is 1.60. The molecule has 2 heterocycles. The number of rotatable bonds is 8. The second-order valence-corrected chi connectivity index (χ2v) is 11.1. The first-order chi connectivity index (χ1) is 20.4. The molecule has 1 N–H and O–H groups in total. The van der Waals surface area contributed by atoms with E-state index in [-0.39, 0.29) is 23.8 Å². The van der Waals surface area contributed by atoms with E-state index in [1.54, 1.807) is 36.3 Å². The quantitative estimate of drug-likeness (QED) is 0.447. The van der Waals surface area contributed by atoms with Crippen LogP contribution in [0.4, 0.5) is 0 Å². The van der Waals surface area contributed by atoms with Crippen LogP contribution < -0.4 is 10.1 Å². The van der Waals surface area contributed by atoms with E-state index >= 15 is 0 Å². The van der Waals surface area contributed by atoms with Crippen LogP contribution in [0.2, 0.25) is 0 Å². The Kier molecular flexibility index (Phi) is 9.54. The van der Waals surface area contributed by atoms with Crippen molar-refractivity contribution in [3.05, 3.63) is 101 Å². The zero-order valence-electron chi connectivity index (χ0n) is 24.5. The maximum Gasteiger partial charge on any atom is 0.254 e. The number of carbonyl (C=O) groups excluding carboxylic acids is 3. The first kappa shape index (κ1) is 29.3. The number of hydrogen-bond acceptors (Lipinski definition) is 5. The van der Waals surface area contributed by atoms with E-state index in [0.29, 0.717) is 55.9 Å². The van der Waals surface area contributed by atoms with Crippen molar-refractivity contribution in [2.45, 2.75) is 38.3 Å². The van der Waals surface area contributed by atoms with Gasteiger partial charge in [0, 0.05) is 43.9 Å². The van der Waals surface area contributed by atoms with Crippen molar-refractivity contribution in [1.29, 1.82) is 0 Å². The summed E-state index contributed by atoms with van der Waals surface area (Å²) >= 11 is 0. The minimum absolute atomic E-state index is 0.0402. The molecule has 2 atom stereocenters. The molecule has 8 heteroatoms. The smallest absolute Gasteiger partial charge is 0.254 e. The van der Waals surface area contributed by atoms with Gasteiger partial charge in [0.15, 0.2) is 0 Å². The van der Waals surface area contributed by atoms with Gasteiger partial charge >= 0.3 is 0 Å². The molecule has 5 rings (SSSR count). The summed E-state index contributed by atoms with van der Waals surface area (Å²) in [4.78, 5) is 47.4. The van der Waals surface area contributed by atoms with Crippen LogP contribution in [0, 0.1) is 6.92 Å². The molecule has 3 aromatic rings. The summed E-state index contributed by atoms with van der Waals surface area (Å²) in [6.45, 7) is 5.61. The SMILES string of the molecule is COc1ccc(C(=O)N(CCc2ccccc2)C2CC(C(=O)N3CCCNCC3)N(C(=O)c3ccc(C)cc3)C2)cc1. The van der Waals surface area contributed by atoms with Crippen LogP contribution in [-0.2, 0) is 11.2 Å². The zero-order valence-corrected chi connectivity index (χ0v) is 24.5. The number of benzene rings is 3. The number of nitrogens with zero attached hydrogens (tertiary/aromatic N) is 3. The Morgan fingerprint density at radius 2 is 1.62 bits per heavy atom. The molecule has 2 fully saturated rings. The molecule has 0 radical (unpaired) electrons. The molecule has 3 aromatic carbocycles. The number of amides is 3. The number of nitrogens with one attached hydrogen (secondary N) is 1. The fourth-order valence-electron chi connectivity index (χ4n) is 5.88. The molecule has 0 bridgehead atoms.